The zero-order valence-corrected chi connectivity index (χ0v) is 18.9. The van der Waals surface area contributed by atoms with Crippen molar-refractivity contribution >= 4 is 28.3 Å². The van der Waals surface area contributed by atoms with Gasteiger partial charge in [-0.1, -0.05) is 6.07 Å². The fraction of sp³-hybridized carbons (Fsp3) is 0.385. The van der Waals surface area contributed by atoms with E-state index in [2.05, 4.69) is 65.6 Å². The van der Waals surface area contributed by atoms with Crippen molar-refractivity contribution in [3.8, 4) is 0 Å². The van der Waals surface area contributed by atoms with Gasteiger partial charge in [0.05, 0.1) is 12.1 Å². The molecule has 0 aliphatic carbocycles. The molecule has 1 unspecified atom stereocenters. The van der Waals surface area contributed by atoms with E-state index in [1.54, 1.807) is 0 Å². The van der Waals surface area contributed by atoms with Crippen LogP contribution in [0.3, 0.4) is 0 Å². The van der Waals surface area contributed by atoms with Gasteiger partial charge in [-0.15, -0.1) is 0 Å². The highest BCUT2D eigenvalue weighted by Gasteiger charge is 2.41. The van der Waals surface area contributed by atoms with Crippen LogP contribution in [0.25, 0.3) is 10.9 Å². The summed E-state index contributed by atoms with van der Waals surface area (Å²) in [5, 5.41) is 11.0. The average molecular weight is 403 g/mol. The second-order valence-corrected chi connectivity index (χ2v) is 9.11. The molecule has 30 heavy (non-hydrogen) atoms. The molecule has 0 saturated heterocycles. The number of hydrogen-bond acceptors (Lipinski definition) is 2. The molecule has 156 valence electrons. The zero-order chi connectivity index (χ0) is 22.0. The first-order valence-corrected chi connectivity index (χ1v) is 10.5. The number of H-pyrrole nitrogens is 1. The van der Waals surface area contributed by atoms with Crippen molar-refractivity contribution in [2.45, 2.75) is 66.7 Å². The van der Waals surface area contributed by atoms with Gasteiger partial charge in [-0.2, -0.15) is 0 Å². The van der Waals surface area contributed by atoms with Crippen molar-refractivity contribution in [3.05, 3.63) is 62.8 Å². The fourth-order valence-corrected chi connectivity index (χ4v) is 5.21. The maximum absolute atomic E-state index is 12.1. The molecule has 2 aromatic carbocycles. The number of carbonyl (C=O) groups is 1. The Bertz CT molecular complexity index is 1250. The fourth-order valence-electron chi connectivity index (χ4n) is 5.21. The molecule has 0 amide bonds. The molecule has 0 spiro atoms. The molecule has 0 saturated carbocycles. The number of benzene rings is 2. The summed E-state index contributed by atoms with van der Waals surface area (Å²) in [6.45, 7) is 14.8. The van der Waals surface area contributed by atoms with Crippen LogP contribution in [0.2, 0.25) is 0 Å². The Kier molecular flexibility index (Phi) is 4.64. The summed E-state index contributed by atoms with van der Waals surface area (Å²) in [6, 6.07) is 4.29. The number of carboxylic acids is 1. The van der Waals surface area contributed by atoms with Gasteiger partial charge >= 0.3 is 5.97 Å². The number of nitrogens with one attached hydrogen (secondary N) is 1. The summed E-state index contributed by atoms with van der Waals surface area (Å²) in [4.78, 5) is 20.5. The molecule has 1 aromatic heterocycles. The van der Waals surface area contributed by atoms with E-state index in [1.807, 2.05) is 6.20 Å². The first-order valence-electron chi connectivity index (χ1n) is 10.5. The Hall–Kier alpha value is -2.88. The van der Waals surface area contributed by atoms with Gasteiger partial charge < -0.3 is 10.1 Å². The smallest absolute Gasteiger partial charge is 0.304 e. The standard InChI is InChI=1S/C26H30N2O2/c1-13-10-19-11-21(28-24(19)17(5)14(13)2)26(7,12-22(29)30)23-16(4)15(3)18(6)25-20(23)8-9-27-25/h8-10,27H,11-12H2,1-7H3,(H,29,30). The van der Waals surface area contributed by atoms with E-state index < -0.39 is 11.4 Å². The Balaban J connectivity index is 2.00. The van der Waals surface area contributed by atoms with Crippen LogP contribution in [-0.2, 0) is 16.6 Å². The normalized spacial score (nSPS) is 15.2. The minimum Gasteiger partial charge on any atom is -0.481 e. The molecule has 4 rings (SSSR count). The number of aromatic nitrogens is 1. The van der Waals surface area contributed by atoms with Gasteiger partial charge in [0.2, 0.25) is 0 Å². The van der Waals surface area contributed by atoms with E-state index in [0.29, 0.717) is 6.42 Å². The van der Waals surface area contributed by atoms with Crippen LogP contribution < -0.4 is 0 Å². The van der Waals surface area contributed by atoms with Gasteiger partial charge in [0.15, 0.2) is 0 Å². The van der Waals surface area contributed by atoms with E-state index in [4.69, 9.17) is 4.99 Å². The molecular formula is C26H30N2O2. The third-order valence-corrected chi connectivity index (χ3v) is 7.39. The van der Waals surface area contributed by atoms with E-state index >= 15 is 0 Å². The lowest BCUT2D eigenvalue weighted by atomic mass is 9.70. The molecule has 2 N–H and O–H groups in total. The van der Waals surface area contributed by atoms with E-state index in [0.717, 1.165) is 33.4 Å². The minimum absolute atomic E-state index is 0.0143. The number of nitrogens with zero attached hydrogens (tertiary/aromatic N) is 1. The van der Waals surface area contributed by atoms with Gasteiger partial charge in [0, 0.05) is 34.6 Å². The van der Waals surface area contributed by atoms with Gasteiger partial charge in [0.1, 0.15) is 0 Å². The second kappa shape index (κ2) is 6.83. The highest BCUT2D eigenvalue weighted by atomic mass is 16.4. The third kappa shape index (κ3) is 2.81. The average Bonchev–Trinajstić information content (AvgIpc) is 3.31. The second-order valence-electron chi connectivity index (χ2n) is 9.11. The summed E-state index contributed by atoms with van der Waals surface area (Å²) in [6.07, 6.45) is 2.66. The third-order valence-electron chi connectivity index (χ3n) is 7.39. The van der Waals surface area contributed by atoms with Crippen LogP contribution in [-0.4, -0.2) is 21.8 Å². The number of aryl methyl sites for hydroxylation is 2. The molecule has 2 heterocycles. The molecule has 1 aliphatic heterocycles. The van der Waals surface area contributed by atoms with Gasteiger partial charge in [0.25, 0.3) is 0 Å². The number of hydrogen-bond donors (Lipinski definition) is 2. The first-order chi connectivity index (χ1) is 14.1. The number of aromatic amines is 1. The summed E-state index contributed by atoms with van der Waals surface area (Å²) in [5.74, 6) is -0.804. The minimum atomic E-state index is -0.804. The molecule has 3 aromatic rings. The van der Waals surface area contributed by atoms with Crippen LogP contribution in [0.1, 0.15) is 57.9 Å². The van der Waals surface area contributed by atoms with Crippen LogP contribution in [0.5, 0.6) is 0 Å². The van der Waals surface area contributed by atoms with Crippen LogP contribution in [0.4, 0.5) is 5.69 Å². The number of carboxylic acid groups (broad SMARTS) is 1. The predicted octanol–water partition coefficient (Wildman–Crippen LogP) is 6.08. The summed E-state index contributed by atoms with van der Waals surface area (Å²) in [7, 11) is 0. The molecule has 1 aliphatic rings. The Morgan fingerprint density at radius 3 is 2.43 bits per heavy atom. The summed E-state index contributed by atoms with van der Waals surface area (Å²) in [5.41, 5.74) is 11.9. The van der Waals surface area contributed by atoms with Gasteiger partial charge in [-0.3, -0.25) is 9.79 Å². The van der Waals surface area contributed by atoms with E-state index in [9.17, 15) is 9.90 Å². The molecule has 4 nitrogen and oxygen atoms in total. The van der Waals surface area contributed by atoms with Crippen molar-refractivity contribution in [3.63, 3.8) is 0 Å². The first kappa shape index (κ1) is 20.4. The molecular weight excluding hydrogens is 372 g/mol. The summed E-state index contributed by atoms with van der Waals surface area (Å²) < 4.78 is 0. The number of fused-ring (bicyclic) bond motifs is 2. The number of rotatable bonds is 4. The van der Waals surface area contributed by atoms with Crippen LogP contribution >= 0.6 is 0 Å². The maximum atomic E-state index is 12.1. The molecule has 4 heteroatoms. The molecule has 0 fully saturated rings. The zero-order valence-electron chi connectivity index (χ0n) is 18.9. The lowest BCUT2D eigenvalue weighted by Gasteiger charge is -2.32. The largest absolute Gasteiger partial charge is 0.481 e. The van der Waals surface area contributed by atoms with Crippen molar-refractivity contribution in [2.24, 2.45) is 4.99 Å². The maximum Gasteiger partial charge on any atom is 0.304 e. The topological polar surface area (TPSA) is 65.4 Å². The number of aliphatic imine (C=N–C) groups is 1. The van der Waals surface area contributed by atoms with Gasteiger partial charge in [-0.25, -0.2) is 0 Å². The highest BCUT2D eigenvalue weighted by molar-refractivity contribution is 6.07. The monoisotopic (exact) mass is 402 g/mol. The Labute approximate surface area is 178 Å². The molecule has 0 radical (unpaired) electrons. The lowest BCUT2D eigenvalue weighted by molar-refractivity contribution is -0.137. The Morgan fingerprint density at radius 2 is 1.77 bits per heavy atom. The van der Waals surface area contributed by atoms with Crippen LogP contribution in [0, 0.1) is 41.5 Å². The van der Waals surface area contributed by atoms with Crippen molar-refractivity contribution < 1.29 is 9.90 Å². The highest BCUT2D eigenvalue weighted by Crippen LogP contribution is 2.45. The summed E-state index contributed by atoms with van der Waals surface area (Å²) >= 11 is 0. The number of aliphatic carboxylic acids is 1. The quantitative estimate of drug-likeness (QED) is 0.555. The predicted molar refractivity (Wildman–Crippen MR) is 124 cm³/mol. The SMILES string of the molecule is Cc1cc2c(c(C)c1C)N=C(C(C)(CC(=O)O)c1c(C)c(C)c(C)c3[nH]ccc13)C2. The van der Waals surface area contributed by atoms with Gasteiger partial charge in [-0.05, 0) is 99.0 Å². The van der Waals surface area contributed by atoms with Crippen molar-refractivity contribution in [1.29, 1.82) is 0 Å². The van der Waals surface area contributed by atoms with Crippen molar-refractivity contribution in [1.82, 2.24) is 4.98 Å². The van der Waals surface area contributed by atoms with Crippen molar-refractivity contribution in [2.75, 3.05) is 0 Å². The van der Waals surface area contributed by atoms with E-state index in [1.165, 1.54) is 33.4 Å². The lowest BCUT2D eigenvalue weighted by Crippen LogP contribution is -2.36. The Morgan fingerprint density at radius 1 is 1.07 bits per heavy atom. The van der Waals surface area contributed by atoms with Crippen LogP contribution in [0.15, 0.2) is 23.3 Å². The molecule has 1 atom stereocenters. The molecule has 0 bridgehead atoms. The van der Waals surface area contributed by atoms with E-state index in [-0.39, 0.29) is 6.42 Å².